The zero-order valence-corrected chi connectivity index (χ0v) is 8.93. The number of carbonyl (C=O) groups excluding carboxylic acids is 1. The Morgan fingerprint density at radius 1 is 1.33 bits per heavy atom. The summed E-state index contributed by atoms with van der Waals surface area (Å²) in [6.45, 7) is 3.66. The lowest BCUT2D eigenvalue weighted by atomic mass is 10.2. The van der Waals surface area contributed by atoms with Crippen LogP contribution in [0.3, 0.4) is 0 Å². The van der Waals surface area contributed by atoms with Gasteiger partial charge < -0.3 is 18.9 Å². The predicted molar refractivity (Wildman–Crippen MR) is 50.2 cm³/mol. The molecule has 0 aromatic heterocycles. The van der Waals surface area contributed by atoms with Crippen LogP contribution in [0.1, 0.15) is 13.8 Å². The molecule has 2 aliphatic rings. The van der Waals surface area contributed by atoms with Crippen molar-refractivity contribution in [2.75, 3.05) is 7.11 Å². The van der Waals surface area contributed by atoms with Gasteiger partial charge in [0.25, 0.3) is 0 Å². The average molecular weight is 214 g/mol. The second kappa shape index (κ2) is 3.50. The normalized spacial score (nSPS) is 36.3. The lowest BCUT2D eigenvalue weighted by Crippen LogP contribution is -2.32. The molecule has 0 aromatic carbocycles. The van der Waals surface area contributed by atoms with E-state index in [0.29, 0.717) is 0 Å². The maximum Gasteiger partial charge on any atom is 0.508 e. The van der Waals surface area contributed by atoms with Crippen molar-refractivity contribution >= 4 is 6.16 Å². The molecule has 1 fully saturated rings. The molecule has 2 unspecified atom stereocenters. The molecule has 0 saturated carbocycles. The third-order valence-electron chi connectivity index (χ3n) is 2.38. The standard InChI is InChI=1S/C10H14O5/c1-10(2)14-7-5-4-6(8(7)15-10)13-9(11)12-3/h4-8H,1-3H3/t6?,7-,8?/m0/s1. The van der Waals surface area contributed by atoms with Gasteiger partial charge in [-0.1, -0.05) is 6.08 Å². The van der Waals surface area contributed by atoms with Crippen LogP contribution in [0.5, 0.6) is 0 Å². The second-order valence-electron chi connectivity index (χ2n) is 3.99. The largest absolute Gasteiger partial charge is 0.508 e. The number of hydrogen-bond donors (Lipinski definition) is 0. The first-order valence-corrected chi connectivity index (χ1v) is 4.80. The molecule has 0 amide bonds. The monoisotopic (exact) mass is 214 g/mol. The van der Waals surface area contributed by atoms with Gasteiger partial charge in [0.15, 0.2) is 11.9 Å². The van der Waals surface area contributed by atoms with Gasteiger partial charge in [-0.05, 0) is 19.9 Å². The van der Waals surface area contributed by atoms with E-state index in [9.17, 15) is 4.79 Å². The number of carbonyl (C=O) groups is 1. The smallest absolute Gasteiger partial charge is 0.438 e. The summed E-state index contributed by atoms with van der Waals surface area (Å²) in [6.07, 6.45) is 2.05. The Hall–Kier alpha value is -1.07. The molecule has 3 atom stereocenters. The summed E-state index contributed by atoms with van der Waals surface area (Å²) in [4.78, 5) is 10.9. The van der Waals surface area contributed by atoms with E-state index in [1.807, 2.05) is 19.9 Å². The summed E-state index contributed by atoms with van der Waals surface area (Å²) in [6, 6.07) is 0. The fourth-order valence-corrected chi connectivity index (χ4v) is 1.81. The Morgan fingerprint density at radius 2 is 2.07 bits per heavy atom. The van der Waals surface area contributed by atoms with Crippen molar-refractivity contribution in [1.29, 1.82) is 0 Å². The van der Waals surface area contributed by atoms with Crippen LogP contribution in [0.15, 0.2) is 12.2 Å². The molecular formula is C10H14O5. The van der Waals surface area contributed by atoms with E-state index in [2.05, 4.69) is 4.74 Å². The van der Waals surface area contributed by atoms with Crippen LogP contribution in [0, 0.1) is 0 Å². The summed E-state index contributed by atoms with van der Waals surface area (Å²) in [5.74, 6) is -0.627. The first-order valence-electron chi connectivity index (χ1n) is 4.80. The van der Waals surface area contributed by atoms with Crippen molar-refractivity contribution in [2.45, 2.75) is 37.9 Å². The van der Waals surface area contributed by atoms with Crippen LogP contribution in [-0.2, 0) is 18.9 Å². The van der Waals surface area contributed by atoms with E-state index in [4.69, 9.17) is 14.2 Å². The van der Waals surface area contributed by atoms with Gasteiger partial charge in [0.1, 0.15) is 12.2 Å². The van der Waals surface area contributed by atoms with Gasteiger partial charge in [0, 0.05) is 0 Å². The predicted octanol–water partition coefficient (Wildman–Crippen LogP) is 1.23. The number of ether oxygens (including phenoxy) is 4. The fraction of sp³-hybridized carbons (Fsp3) is 0.700. The molecule has 15 heavy (non-hydrogen) atoms. The summed E-state index contributed by atoms with van der Waals surface area (Å²) >= 11 is 0. The maximum absolute atomic E-state index is 10.9. The quantitative estimate of drug-likeness (QED) is 0.485. The van der Waals surface area contributed by atoms with E-state index >= 15 is 0 Å². The number of methoxy groups -OCH3 is 1. The SMILES string of the molecule is COC(=O)OC1C=C[C@@H]2OC(C)(C)OC12. The molecule has 1 aliphatic carbocycles. The van der Waals surface area contributed by atoms with Crippen LogP contribution in [0.25, 0.3) is 0 Å². The van der Waals surface area contributed by atoms with Gasteiger partial charge in [0.05, 0.1) is 7.11 Å². The van der Waals surface area contributed by atoms with Gasteiger partial charge >= 0.3 is 6.16 Å². The molecule has 0 bridgehead atoms. The van der Waals surface area contributed by atoms with Gasteiger partial charge in [-0.3, -0.25) is 0 Å². The van der Waals surface area contributed by atoms with Crippen molar-refractivity contribution in [2.24, 2.45) is 0 Å². The van der Waals surface area contributed by atoms with Crippen molar-refractivity contribution in [3.8, 4) is 0 Å². The number of fused-ring (bicyclic) bond motifs is 1. The zero-order valence-electron chi connectivity index (χ0n) is 8.93. The van der Waals surface area contributed by atoms with Gasteiger partial charge in [-0.2, -0.15) is 0 Å². The molecule has 0 radical (unpaired) electrons. The van der Waals surface area contributed by atoms with Crippen LogP contribution >= 0.6 is 0 Å². The molecule has 1 aliphatic heterocycles. The number of hydrogen-bond acceptors (Lipinski definition) is 5. The van der Waals surface area contributed by atoms with E-state index in [1.165, 1.54) is 7.11 Å². The Bertz CT molecular complexity index is 296. The summed E-state index contributed by atoms with van der Waals surface area (Å²) in [7, 11) is 1.27. The van der Waals surface area contributed by atoms with Crippen molar-refractivity contribution in [3.05, 3.63) is 12.2 Å². The van der Waals surface area contributed by atoms with Crippen molar-refractivity contribution < 1.29 is 23.7 Å². The fourth-order valence-electron chi connectivity index (χ4n) is 1.81. The Morgan fingerprint density at radius 3 is 2.73 bits per heavy atom. The van der Waals surface area contributed by atoms with E-state index < -0.39 is 18.0 Å². The molecular weight excluding hydrogens is 200 g/mol. The topological polar surface area (TPSA) is 54.0 Å². The minimum absolute atomic E-state index is 0.144. The van der Waals surface area contributed by atoms with E-state index in [-0.39, 0.29) is 12.2 Å². The molecule has 1 heterocycles. The van der Waals surface area contributed by atoms with Crippen LogP contribution in [0.4, 0.5) is 4.79 Å². The Labute approximate surface area is 87.9 Å². The molecule has 5 heteroatoms. The highest BCUT2D eigenvalue weighted by atomic mass is 16.8. The molecule has 84 valence electrons. The summed E-state index contributed by atoms with van der Waals surface area (Å²) < 4.78 is 20.6. The van der Waals surface area contributed by atoms with E-state index in [0.717, 1.165) is 0 Å². The lowest BCUT2D eigenvalue weighted by Gasteiger charge is -2.20. The van der Waals surface area contributed by atoms with Crippen LogP contribution in [-0.4, -0.2) is 37.4 Å². The molecule has 0 aromatic rings. The Kier molecular flexibility index (Phi) is 2.44. The molecule has 2 rings (SSSR count). The Balaban J connectivity index is 2.00. The summed E-state index contributed by atoms with van der Waals surface area (Å²) in [5, 5.41) is 0. The maximum atomic E-state index is 10.9. The molecule has 0 spiro atoms. The van der Waals surface area contributed by atoms with Crippen molar-refractivity contribution in [1.82, 2.24) is 0 Å². The lowest BCUT2D eigenvalue weighted by molar-refractivity contribution is -0.153. The van der Waals surface area contributed by atoms with E-state index in [1.54, 1.807) is 6.08 Å². The van der Waals surface area contributed by atoms with Crippen molar-refractivity contribution in [3.63, 3.8) is 0 Å². The van der Waals surface area contributed by atoms with Gasteiger partial charge in [-0.15, -0.1) is 0 Å². The third-order valence-corrected chi connectivity index (χ3v) is 2.38. The van der Waals surface area contributed by atoms with Crippen LogP contribution < -0.4 is 0 Å². The average Bonchev–Trinajstić information content (AvgIpc) is 2.63. The molecule has 1 saturated heterocycles. The second-order valence-corrected chi connectivity index (χ2v) is 3.99. The molecule has 5 nitrogen and oxygen atoms in total. The highest BCUT2D eigenvalue weighted by Crippen LogP contribution is 2.35. The van der Waals surface area contributed by atoms with Gasteiger partial charge in [0.2, 0.25) is 0 Å². The minimum atomic E-state index is -0.710. The highest BCUT2D eigenvalue weighted by molar-refractivity contribution is 5.60. The zero-order chi connectivity index (χ0) is 11.1. The molecule has 0 N–H and O–H groups in total. The number of rotatable bonds is 1. The minimum Gasteiger partial charge on any atom is -0.438 e. The third kappa shape index (κ3) is 1.98. The van der Waals surface area contributed by atoms with Crippen LogP contribution in [0.2, 0.25) is 0 Å². The summed E-state index contributed by atoms with van der Waals surface area (Å²) in [5.41, 5.74) is 0. The van der Waals surface area contributed by atoms with Gasteiger partial charge in [-0.25, -0.2) is 4.79 Å². The highest BCUT2D eigenvalue weighted by Gasteiger charge is 2.47. The first-order chi connectivity index (χ1) is 7.02. The first kappa shape index (κ1) is 10.4.